The molecule has 0 amide bonds. The number of hydrogen-bond acceptors (Lipinski definition) is 3. The molecule has 1 saturated heterocycles. The number of anilines is 1. The Hall–Kier alpha value is -2.33. The predicted octanol–water partition coefficient (Wildman–Crippen LogP) is 0.0771. The minimum Gasteiger partial charge on any atom is -0.495 e. The molecular weight excluding hydrogens is 320 g/mol. The molecule has 0 saturated carbocycles. The number of nitrogens with zero attached hydrogens (tertiary/aromatic N) is 3. The van der Waals surface area contributed by atoms with Crippen molar-refractivity contribution in [2.24, 2.45) is 20.9 Å². The summed E-state index contributed by atoms with van der Waals surface area (Å²) in [4.78, 5) is 3.75. The molecule has 0 bridgehead atoms. The van der Waals surface area contributed by atoms with Crippen LogP contribution in [0.4, 0.5) is 5.69 Å². The number of guanidine groups is 2. The van der Waals surface area contributed by atoms with Gasteiger partial charge in [0.05, 0.1) is 12.8 Å². The van der Waals surface area contributed by atoms with Gasteiger partial charge in [0.15, 0.2) is 0 Å². The fourth-order valence-electron chi connectivity index (χ4n) is 2.15. The lowest BCUT2D eigenvalue weighted by molar-refractivity contribution is 0.417. The summed E-state index contributed by atoms with van der Waals surface area (Å²) >= 11 is 0. The Morgan fingerprint density at radius 2 is 1.91 bits per heavy atom. The van der Waals surface area contributed by atoms with Gasteiger partial charge in [-0.2, -0.15) is 17.7 Å². The molecule has 2 rings (SSSR count). The first-order valence-electron chi connectivity index (χ1n) is 7.02. The zero-order valence-electron chi connectivity index (χ0n) is 12.8. The quantitative estimate of drug-likeness (QED) is 0.524. The van der Waals surface area contributed by atoms with Crippen LogP contribution in [0.3, 0.4) is 0 Å². The molecule has 0 unspecified atom stereocenters. The third-order valence-electron chi connectivity index (χ3n) is 3.20. The van der Waals surface area contributed by atoms with Crippen molar-refractivity contribution in [2.45, 2.75) is 12.8 Å². The van der Waals surface area contributed by atoms with Crippen LogP contribution < -0.4 is 21.5 Å². The van der Waals surface area contributed by atoms with Gasteiger partial charge in [0.2, 0.25) is 11.9 Å². The van der Waals surface area contributed by atoms with Crippen molar-refractivity contribution in [1.29, 1.82) is 0 Å². The summed E-state index contributed by atoms with van der Waals surface area (Å²) in [7, 11) is -2.29. The van der Waals surface area contributed by atoms with Crippen LogP contribution in [0.25, 0.3) is 0 Å². The highest BCUT2D eigenvalue weighted by molar-refractivity contribution is 7.87. The first kappa shape index (κ1) is 17.0. The van der Waals surface area contributed by atoms with Crippen LogP contribution in [0.2, 0.25) is 0 Å². The number of para-hydroxylation sites is 2. The molecule has 126 valence electrons. The molecule has 1 heterocycles. The third kappa shape index (κ3) is 4.57. The average molecular weight is 340 g/mol. The zero-order chi connectivity index (χ0) is 16.9. The molecule has 10 heteroatoms. The van der Waals surface area contributed by atoms with E-state index in [2.05, 4.69) is 14.7 Å². The maximum absolute atomic E-state index is 12.0. The number of hydrogen-bond donors (Lipinski definition) is 3. The Labute approximate surface area is 135 Å². The molecular formula is C13H20N6O3S. The summed E-state index contributed by atoms with van der Waals surface area (Å²) in [6, 6.07) is 7.06. The summed E-state index contributed by atoms with van der Waals surface area (Å²) < 4.78 is 33.9. The fourth-order valence-corrected chi connectivity index (χ4v) is 3.26. The van der Waals surface area contributed by atoms with Crippen LogP contribution in [-0.2, 0) is 10.2 Å². The second kappa shape index (κ2) is 7.29. The van der Waals surface area contributed by atoms with Crippen LogP contribution in [0.15, 0.2) is 33.7 Å². The molecule has 1 fully saturated rings. The van der Waals surface area contributed by atoms with Gasteiger partial charge in [-0.15, -0.1) is 4.40 Å². The molecule has 23 heavy (non-hydrogen) atoms. The fraction of sp³-hybridized carbons (Fsp3) is 0.385. The number of nitrogens with two attached hydrogens (primary N) is 2. The summed E-state index contributed by atoms with van der Waals surface area (Å²) in [5.74, 6) is 0.0371. The van der Waals surface area contributed by atoms with Crippen molar-refractivity contribution in [1.82, 2.24) is 4.31 Å². The van der Waals surface area contributed by atoms with Crippen LogP contribution in [0.1, 0.15) is 12.8 Å². The Balaban J connectivity index is 2.11. The standard InChI is InChI=1S/C13H20N6O3S/c1-22-11-7-3-2-6-10(11)16-12(14)17-13(15)18-23(20,21)19-8-4-5-9-19/h2-3,6-7H,4-5,8-9H2,1H3,(H5,14,15,16,17,18). The van der Waals surface area contributed by atoms with Gasteiger partial charge in [-0.3, -0.25) is 0 Å². The van der Waals surface area contributed by atoms with E-state index in [4.69, 9.17) is 16.2 Å². The largest absolute Gasteiger partial charge is 0.495 e. The van der Waals surface area contributed by atoms with Gasteiger partial charge >= 0.3 is 10.2 Å². The summed E-state index contributed by atoms with van der Waals surface area (Å²) in [6.07, 6.45) is 1.63. The number of rotatable bonds is 4. The smallest absolute Gasteiger partial charge is 0.325 e. The second-order valence-corrected chi connectivity index (χ2v) is 6.45. The molecule has 1 aliphatic heterocycles. The van der Waals surface area contributed by atoms with Gasteiger partial charge in [0.1, 0.15) is 5.75 Å². The predicted molar refractivity (Wildman–Crippen MR) is 89.6 cm³/mol. The summed E-state index contributed by atoms with van der Waals surface area (Å²) in [5, 5.41) is 2.78. The van der Waals surface area contributed by atoms with Crippen LogP contribution >= 0.6 is 0 Å². The molecule has 1 aromatic rings. The lowest BCUT2D eigenvalue weighted by atomic mass is 10.3. The molecule has 9 nitrogen and oxygen atoms in total. The number of methoxy groups -OCH3 is 1. The van der Waals surface area contributed by atoms with Crippen molar-refractivity contribution >= 4 is 27.8 Å². The Morgan fingerprint density at radius 3 is 2.57 bits per heavy atom. The lowest BCUT2D eigenvalue weighted by Crippen LogP contribution is -2.30. The van der Waals surface area contributed by atoms with E-state index in [9.17, 15) is 8.42 Å². The molecule has 0 aromatic heterocycles. The SMILES string of the molecule is COc1ccccc1N/C(N)=N/C(N)=N/S(=O)(=O)N1CCCC1. The van der Waals surface area contributed by atoms with E-state index < -0.39 is 16.2 Å². The first-order chi connectivity index (χ1) is 10.9. The normalized spacial score (nSPS) is 17.3. The monoisotopic (exact) mass is 340 g/mol. The van der Waals surface area contributed by atoms with Gasteiger partial charge in [-0.25, -0.2) is 0 Å². The Bertz CT molecular complexity index is 710. The third-order valence-corrected chi connectivity index (χ3v) is 4.64. The van der Waals surface area contributed by atoms with Crippen molar-refractivity contribution < 1.29 is 13.2 Å². The highest BCUT2D eigenvalue weighted by Gasteiger charge is 2.24. The Kier molecular flexibility index (Phi) is 5.40. The second-order valence-electron chi connectivity index (χ2n) is 4.86. The van der Waals surface area contributed by atoms with Gasteiger partial charge in [-0.05, 0) is 25.0 Å². The van der Waals surface area contributed by atoms with Gasteiger partial charge in [-0.1, -0.05) is 12.1 Å². The maximum Gasteiger partial charge on any atom is 0.325 e. The van der Waals surface area contributed by atoms with E-state index in [-0.39, 0.29) is 5.96 Å². The highest BCUT2D eigenvalue weighted by atomic mass is 32.2. The molecule has 0 atom stereocenters. The van der Waals surface area contributed by atoms with Crippen molar-refractivity contribution in [2.75, 3.05) is 25.5 Å². The minimum absolute atomic E-state index is 0.0904. The van der Waals surface area contributed by atoms with Crippen LogP contribution in [0.5, 0.6) is 5.75 Å². The maximum atomic E-state index is 12.0. The van der Waals surface area contributed by atoms with E-state index in [0.29, 0.717) is 24.5 Å². The van der Waals surface area contributed by atoms with Gasteiger partial charge < -0.3 is 21.5 Å². The van der Waals surface area contributed by atoms with E-state index >= 15 is 0 Å². The van der Waals surface area contributed by atoms with Crippen LogP contribution in [0, 0.1) is 0 Å². The number of ether oxygens (including phenoxy) is 1. The van der Waals surface area contributed by atoms with E-state index in [1.807, 2.05) is 0 Å². The van der Waals surface area contributed by atoms with E-state index in [0.717, 1.165) is 12.8 Å². The average Bonchev–Trinajstić information content (AvgIpc) is 3.02. The lowest BCUT2D eigenvalue weighted by Gasteiger charge is -2.11. The molecule has 0 radical (unpaired) electrons. The topological polar surface area (TPSA) is 135 Å². The van der Waals surface area contributed by atoms with Crippen LogP contribution in [-0.4, -0.2) is 44.8 Å². The molecule has 0 spiro atoms. The van der Waals surface area contributed by atoms with Crippen molar-refractivity contribution in [3.05, 3.63) is 24.3 Å². The number of benzene rings is 1. The van der Waals surface area contributed by atoms with E-state index in [1.54, 1.807) is 24.3 Å². The first-order valence-corrected chi connectivity index (χ1v) is 8.42. The molecule has 1 aromatic carbocycles. The van der Waals surface area contributed by atoms with Crippen molar-refractivity contribution in [3.63, 3.8) is 0 Å². The molecule has 0 aliphatic carbocycles. The summed E-state index contributed by atoms with van der Waals surface area (Å²) in [5.41, 5.74) is 11.9. The van der Waals surface area contributed by atoms with Gasteiger partial charge in [0, 0.05) is 13.1 Å². The number of nitrogens with one attached hydrogen (secondary N) is 1. The van der Waals surface area contributed by atoms with Gasteiger partial charge in [0.25, 0.3) is 0 Å². The van der Waals surface area contributed by atoms with Crippen molar-refractivity contribution in [3.8, 4) is 5.75 Å². The summed E-state index contributed by atoms with van der Waals surface area (Å²) in [6.45, 7) is 0.884. The molecule has 1 aliphatic rings. The zero-order valence-corrected chi connectivity index (χ0v) is 13.6. The Morgan fingerprint density at radius 1 is 1.26 bits per heavy atom. The molecule has 5 N–H and O–H groups in total. The van der Waals surface area contributed by atoms with E-state index in [1.165, 1.54) is 11.4 Å². The number of aliphatic imine (C=N–C) groups is 1. The minimum atomic E-state index is -3.81. The highest BCUT2D eigenvalue weighted by Crippen LogP contribution is 2.22.